The molecule has 1 aromatic heterocycles. The monoisotopic (exact) mass is 422 g/mol. The van der Waals surface area contributed by atoms with Crippen LogP contribution in [0.2, 0.25) is 0 Å². The second-order valence-electron chi connectivity index (χ2n) is 8.03. The Labute approximate surface area is 173 Å². The molecule has 3 rings (SSSR count). The first-order valence-corrected chi connectivity index (χ1v) is 9.65. The van der Waals surface area contributed by atoms with Crippen LogP contribution in [-0.4, -0.2) is 47.8 Å². The number of halogens is 3. The number of anilines is 3. The molecule has 1 aliphatic heterocycles. The Balaban J connectivity index is 1.67. The number of amides is 1. The van der Waals surface area contributed by atoms with Crippen molar-refractivity contribution in [3.05, 3.63) is 48.2 Å². The van der Waals surface area contributed by atoms with Crippen molar-refractivity contribution < 1.29 is 22.7 Å². The fraction of sp³-hybridized carbons (Fsp3) is 0.429. The standard InChI is InChI=1S/C21H25F3N4O2/c1-20(2,3)30-19(29)28-13-11-27(12-14-28)18-17(5-4-10-25-18)26-16-8-6-15(7-9-16)21(22,23)24/h4-10,26H,11-14H2,1-3H3. The van der Waals surface area contributed by atoms with Gasteiger partial charge in [0.15, 0.2) is 5.82 Å². The molecule has 1 aromatic carbocycles. The van der Waals surface area contributed by atoms with Crippen molar-refractivity contribution in [1.29, 1.82) is 0 Å². The van der Waals surface area contributed by atoms with E-state index in [1.165, 1.54) is 12.1 Å². The van der Waals surface area contributed by atoms with Crippen LogP contribution in [0, 0.1) is 0 Å². The van der Waals surface area contributed by atoms with E-state index in [9.17, 15) is 18.0 Å². The normalized spacial score (nSPS) is 15.1. The molecule has 0 atom stereocenters. The smallest absolute Gasteiger partial charge is 0.416 e. The lowest BCUT2D eigenvalue weighted by Crippen LogP contribution is -2.50. The van der Waals surface area contributed by atoms with Gasteiger partial charge < -0.3 is 19.9 Å². The van der Waals surface area contributed by atoms with Gasteiger partial charge >= 0.3 is 12.3 Å². The molecule has 0 aliphatic carbocycles. The Morgan fingerprint density at radius 2 is 1.67 bits per heavy atom. The summed E-state index contributed by atoms with van der Waals surface area (Å²) in [5, 5.41) is 3.14. The zero-order valence-electron chi connectivity index (χ0n) is 17.2. The summed E-state index contributed by atoms with van der Waals surface area (Å²) >= 11 is 0. The molecular weight excluding hydrogens is 397 g/mol. The van der Waals surface area contributed by atoms with E-state index in [0.717, 1.165) is 12.1 Å². The maximum absolute atomic E-state index is 12.8. The van der Waals surface area contributed by atoms with E-state index < -0.39 is 17.3 Å². The van der Waals surface area contributed by atoms with Crippen molar-refractivity contribution in [3.8, 4) is 0 Å². The molecule has 0 radical (unpaired) electrons. The Hall–Kier alpha value is -2.97. The maximum atomic E-state index is 12.8. The molecule has 0 unspecified atom stereocenters. The van der Waals surface area contributed by atoms with Crippen LogP contribution < -0.4 is 10.2 Å². The highest BCUT2D eigenvalue weighted by Crippen LogP contribution is 2.32. The number of carbonyl (C=O) groups is 1. The molecule has 162 valence electrons. The number of nitrogens with zero attached hydrogens (tertiary/aromatic N) is 3. The van der Waals surface area contributed by atoms with Gasteiger partial charge in [0.1, 0.15) is 5.60 Å². The topological polar surface area (TPSA) is 57.7 Å². The number of hydrogen-bond acceptors (Lipinski definition) is 5. The van der Waals surface area contributed by atoms with Gasteiger partial charge in [-0.1, -0.05) is 0 Å². The summed E-state index contributed by atoms with van der Waals surface area (Å²) in [5.74, 6) is 0.682. The molecule has 1 amide bonds. The van der Waals surface area contributed by atoms with E-state index in [4.69, 9.17) is 4.74 Å². The minimum atomic E-state index is -4.37. The molecule has 1 N–H and O–H groups in total. The van der Waals surface area contributed by atoms with E-state index in [2.05, 4.69) is 10.3 Å². The summed E-state index contributed by atoms with van der Waals surface area (Å²) in [6.07, 6.45) is -3.05. The van der Waals surface area contributed by atoms with E-state index >= 15 is 0 Å². The van der Waals surface area contributed by atoms with E-state index in [0.29, 0.717) is 43.4 Å². The molecule has 1 aliphatic rings. The molecule has 9 heteroatoms. The first-order valence-electron chi connectivity index (χ1n) is 9.65. The van der Waals surface area contributed by atoms with Crippen LogP contribution in [0.25, 0.3) is 0 Å². The van der Waals surface area contributed by atoms with Crippen LogP contribution in [0.15, 0.2) is 42.6 Å². The van der Waals surface area contributed by atoms with Gasteiger partial charge in [-0.3, -0.25) is 0 Å². The zero-order valence-corrected chi connectivity index (χ0v) is 17.2. The number of hydrogen-bond donors (Lipinski definition) is 1. The second-order valence-corrected chi connectivity index (χ2v) is 8.03. The van der Waals surface area contributed by atoms with Crippen molar-refractivity contribution >= 4 is 23.3 Å². The summed E-state index contributed by atoms with van der Waals surface area (Å²) < 4.78 is 43.7. The first kappa shape index (κ1) is 21.7. The number of ether oxygens (including phenoxy) is 1. The molecule has 0 bridgehead atoms. The highest BCUT2D eigenvalue weighted by molar-refractivity contribution is 5.73. The van der Waals surface area contributed by atoms with Crippen LogP contribution in [0.1, 0.15) is 26.3 Å². The fourth-order valence-corrected chi connectivity index (χ4v) is 3.07. The predicted octanol–water partition coefficient (Wildman–Crippen LogP) is 4.90. The summed E-state index contributed by atoms with van der Waals surface area (Å²) in [6.45, 7) is 7.60. The van der Waals surface area contributed by atoms with Gasteiger partial charge in [-0.15, -0.1) is 0 Å². The van der Waals surface area contributed by atoms with Crippen molar-refractivity contribution in [3.63, 3.8) is 0 Å². The molecule has 2 aromatic rings. The van der Waals surface area contributed by atoms with Crippen molar-refractivity contribution in [1.82, 2.24) is 9.88 Å². The van der Waals surface area contributed by atoms with Gasteiger partial charge in [0.2, 0.25) is 0 Å². The van der Waals surface area contributed by atoms with Gasteiger partial charge in [-0.25, -0.2) is 9.78 Å². The number of alkyl halides is 3. The van der Waals surface area contributed by atoms with Crippen molar-refractivity contribution in [2.45, 2.75) is 32.5 Å². The highest BCUT2D eigenvalue weighted by Gasteiger charge is 2.30. The summed E-state index contributed by atoms with van der Waals surface area (Å²) in [6, 6.07) is 8.43. The summed E-state index contributed by atoms with van der Waals surface area (Å²) in [5.41, 5.74) is -0.0288. The molecule has 1 fully saturated rings. The lowest BCUT2D eigenvalue weighted by Gasteiger charge is -2.36. The van der Waals surface area contributed by atoms with Gasteiger partial charge in [0.25, 0.3) is 0 Å². The van der Waals surface area contributed by atoms with E-state index in [-0.39, 0.29) is 6.09 Å². The molecule has 6 nitrogen and oxygen atoms in total. The lowest BCUT2D eigenvalue weighted by molar-refractivity contribution is -0.137. The minimum Gasteiger partial charge on any atom is -0.444 e. The molecule has 0 saturated carbocycles. The van der Waals surface area contributed by atoms with Crippen LogP contribution in [0.3, 0.4) is 0 Å². The Bertz CT molecular complexity index is 871. The second kappa shape index (κ2) is 8.41. The van der Waals surface area contributed by atoms with Crippen molar-refractivity contribution in [2.75, 3.05) is 36.4 Å². The third kappa shape index (κ3) is 5.55. The van der Waals surface area contributed by atoms with Crippen molar-refractivity contribution in [2.24, 2.45) is 0 Å². The summed E-state index contributed by atoms with van der Waals surface area (Å²) in [4.78, 5) is 20.4. The zero-order chi connectivity index (χ0) is 21.9. The Kier molecular flexibility index (Phi) is 6.09. The molecular formula is C21H25F3N4O2. The third-order valence-electron chi connectivity index (χ3n) is 4.51. The largest absolute Gasteiger partial charge is 0.444 e. The van der Waals surface area contributed by atoms with Crippen LogP contribution in [-0.2, 0) is 10.9 Å². The number of piperazine rings is 1. The Morgan fingerprint density at radius 3 is 2.23 bits per heavy atom. The number of rotatable bonds is 3. The number of pyridine rings is 1. The minimum absolute atomic E-state index is 0.341. The van der Waals surface area contributed by atoms with Gasteiger partial charge in [0, 0.05) is 38.1 Å². The molecule has 2 heterocycles. The number of aromatic nitrogens is 1. The average Bonchev–Trinajstić information content (AvgIpc) is 2.67. The van der Waals surface area contributed by atoms with Crippen LogP contribution in [0.4, 0.5) is 35.2 Å². The lowest BCUT2D eigenvalue weighted by atomic mass is 10.2. The van der Waals surface area contributed by atoms with Gasteiger partial charge in [-0.2, -0.15) is 13.2 Å². The number of carbonyl (C=O) groups excluding carboxylic acids is 1. The number of nitrogens with one attached hydrogen (secondary N) is 1. The van der Waals surface area contributed by atoms with Gasteiger partial charge in [0.05, 0.1) is 11.3 Å². The molecule has 30 heavy (non-hydrogen) atoms. The molecule has 0 spiro atoms. The Morgan fingerprint density at radius 1 is 1.03 bits per heavy atom. The van der Waals surface area contributed by atoms with Gasteiger partial charge in [-0.05, 0) is 57.2 Å². The van der Waals surface area contributed by atoms with Crippen LogP contribution >= 0.6 is 0 Å². The predicted molar refractivity (Wildman–Crippen MR) is 109 cm³/mol. The maximum Gasteiger partial charge on any atom is 0.416 e. The van der Waals surface area contributed by atoms with E-state index in [1.54, 1.807) is 17.2 Å². The SMILES string of the molecule is CC(C)(C)OC(=O)N1CCN(c2ncccc2Nc2ccc(C(F)(F)F)cc2)CC1. The first-order chi connectivity index (χ1) is 14.0. The van der Waals surface area contributed by atoms with Crippen LogP contribution in [0.5, 0.6) is 0 Å². The highest BCUT2D eigenvalue weighted by atomic mass is 19.4. The third-order valence-corrected chi connectivity index (χ3v) is 4.51. The van der Waals surface area contributed by atoms with E-state index in [1.807, 2.05) is 31.7 Å². The molecule has 1 saturated heterocycles. The number of benzene rings is 1. The summed E-state index contributed by atoms with van der Waals surface area (Å²) in [7, 11) is 0. The quantitative estimate of drug-likeness (QED) is 0.762. The fourth-order valence-electron chi connectivity index (χ4n) is 3.07. The average molecular weight is 422 g/mol.